The van der Waals surface area contributed by atoms with E-state index in [0.29, 0.717) is 17.4 Å². The van der Waals surface area contributed by atoms with Crippen molar-refractivity contribution in [1.82, 2.24) is 4.98 Å². The van der Waals surface area contributed by atoms with Crippen LogP contribution in [-0.4, -0.2) is 29.1 Å². The number of rotatable bonds is 2. The molecule has 0 bridgehead atoms. The zero-order chi connectivity index (χ0) is 12.4. The van der Waals surface area contributed by atoms with Crippen molar-refractivity contribution in [2.45, 2.75) is 19.8 Å². The van der Waals surface area contributed by atoms with E-state index in [1.807, 2.05) is 0 Å². The Labute approximate surface area is 100 Å². The van der Waals surface area contributed by atoms with Gasteiger partial charge in [0.05, 0.1) is 11.3 Å². The average Bonchev–Trinajstić information content (AvgIpc) is 2.28. The van der Waals surface area contributed by atoms with Gasteiger partial charge in [-0.05, 0) is 24.8 Å². The number of pyridine rings is 1. The summed E-state index contributed by atoms with van der Waals surface area (Å²) in [4.78, 5) is 17.1. The summed E-state index contributed by atoms with van der Waals surface area (Å²) in [6, 6.07) is 1.48. The highest BCUT2D eigenvalue weighted by Crippen LogP contribution is 2.26. The van der Waals surface area contributed by atoms with E-state index in [4.69, 9.17) is 10.8 Å². The Kier molecular flexibility index (Phi) is 3.17. The fourth-order valence-corrected chi connectivity index (χ4v) is 2.24. The van der Waals surface area contributed by atoms with E-state index in [1.54, 1.807) is 0 Å². The number of carboxylic acid groups (broad SMARTS) is 1. The van der Waals surface area contributed by atoms with Gasteiger partial charge in [0.25, 0.3) is 0 Å². The van der Waals surface area contributed by atoms with Gasteiger partial charge in [0.1, 0.15) is 0 Å². The molecule has 1 fully saturated rings. The molecule has 1 aromatic heterocycles. The number of anilines is 2. The molecule has 0 saturated carbocycles. The van der Waals surface area contributed by atoms with Crippen LogP contribution in [0, 0.1) is 5.92 Å². The third-order valence-electron chi connectivity index (χ3n) is 3.10. The molecule has 92 valence electrons. The molecule has 0 spiro atoms. The molecule has 2 heterocycles. The van der Waals surface area contributed by atoms with E-state index in [-0.39, 0.29) is 5.56 Å². The van der Waals surface area contributed by atoms with Gasteiger partial charge in [0.2, 0.25) is 0 Å². The third-order valence-corrected chi connectivity index (χ3v) is 3.10. The second kappa shape index (κ2) is 4.61. The Morgan fingerprint density at radius 3 is 3.00 bits per heavy atom. The highest BCUT2D eigenvalue weighted by atomic mass is 16.4. The second-order valence-electron chi connectivity index (χ2n) is 4.64. The van der Waals surface area contributed by atoms with Gasteiger partial charge in [-0.2, -0.15) is 0 Å². The number of nitrogen functional groups attached to an aromatic ring is 1. The molecule has 2 rings (SSSR count). The molecule has 0 aliphatic carbocycles. The van der Waals surface area contributed by atoms with Gasteiger partial charge in [0.15, 0.2) is 5.82 Å². The van der Waals surface area contributed by atoms with E-state index >= 15 is 0 Å². The predicted octanol–water partition coefficient (Wildman–Crippen LogP) is 1.60. The largest absolute Gasteiger partial charge is 0.478 e. The van der Waals surface area contributed by atoms with Gasteiger partial charge in [-0.25, -0.2) is 9.78 Å². The smallest absolute Gasteiger partial charge is 0.337 e. The molecule has 1 saturated heterocycles. The number of piperidine rings is 1. The van der Waals surface area contributed by atoms with Gasteiger partial charge in [-0.3, -0.25) is 0 Å². The maximum absolute atomic E-state index is 10.8. The minimum Gasteiger partial charge on any atom is -0.478 e. The van der Waals surface area contributed by atoms with Gasteiger partial charge in [-0.15, -0.1) is 0 Å². The van der Waals surface area contributed by atoms with Crippen molar-refractivity contribution in [1.29, 1.82) is 0 Å². The van der Waals surface area contributed by atoms with Crippen molar-refractivity contribution in [2.75, 3.05) is 23.7 Å². The van der Waals surface area contributed by atoms with E-state index in [9.17, 15) is 4.79 Å². The van der Waals surface area contributed by atoms with Crippen LogP contribution in [0.5, 0.6) is 0 Å². The number of carbonyl (C=O) groups is 1. The Hall–Kier alpha value is -1.78. The average molecular weight is 235 g/mol. The Bertz CT molecular complexity index is 434. The monoisotopic (exact) mass is 235 g/mol. The number of nitrogens with zero attached hydrogens (tertiary/aromatic N) is 2. The summed E-state index contributed by atoms with van der Waals surface area (Å²) in [6.45, 7) is 4.07. The van der Waals surface area contributed by atoms with Crippen LogP contribution in [0.15, 0.2) is 12.3 Å². The molecule has 1 aromatic rings. The summed E-state index contributed by atoms with van der Waals surface area (Å²) in [7, 11) is 0. The molecular formula is C12H17N3O2. The molecule has 1 aliphatic rings. The van der Waals surface area contributed by atoms with Crippen molar-refractivity contribution >= 4 is 17.5 Å². The Morgan fingerprint density at radius 2 is 2.41 bits per heavy atom. The van der Waals surface area contributed by atoms with Crippen LogP contribution in [0.1, 0.15) is 30.1 Å². The zero-order valence-corrected chi connectivity index (χ0v) is 9.89. The van der Waals surface area contributed by atoms with Crippen molar-refractivity contribution in [3.8, 4) is 0 Å². The number of hydrogen-bond acceptors (Lipinski definition) is 4. The second-order valence-corrected chi connectivity index (χ2v) is 4.64. The van der Waals surface area contributed by atoms with Crippen LogP contribution >= 0.6 is 0 Å². The van der Waals surface area contributed by atoms with Crippen molar-refractivity contribution in [3.05, 3.63) is 17.8 Å². The number of carboxylic acids is 1. The van der Waals surface area contributed by atoms with E-state index in [2.05, 4.69) is 16.8 Å². The van der Waals surface area contributed by atoms with Gasteiger partial charge < -0.3 is 15.7 Å². The van der Waals surface area contributed by atoms with Crippen molar-refractivity contribution in [2.24, 2.45) is 5.92 Å². The number of aromatic carboxylic acids is 1. The van der Waals surface area contributed by atoms with Gasteiger partial charge in [0, 0.05) is 19.3 Å². The first-order valence-corrected chi connectivity index (χ1v) is 5.81. The van der Waals surface area contributed by atoms with Crippen LogP contribution < -0.4 is 10.6 Å². The minimum atomic E-state index is -0.997. The first-order chi connectivity index (χ1) is 8.08. The van der Waals surface area contributed by atoms with Crippen LogP contribution in [0.3, 0.4) is 0 Å². The highest BCUT2D eigenvalue weighted by Gasteiger charge is 2.20. The summed E-state index contributed by atoms with van der Waals surface area (Å²) in [5, 5.41) is 8.84. The lowest BCUT2D eigenvalue weighted by molar-refractivity contribution is 0.0696. The third kappa shape index (κ3) is 2.49. The fourth-order valence-electron chi connectivity index (χ4n) is 2.24. The molecule has 1 aliphatic heterocycles. The summed E-state index contributed by atoms with van der Waals surface area (Å²) in [5.74, 6) is 0.341. The van der Waals surface area contributed by atoms with Gasteiger partial charge in [-0.1, -0.05) is 6.92 Å². The molecule has 0 aromatic carbocycles. The zero-order valence-electron chi connectivity index (χ0n) is 9.89. The lowest BCUT2D eigenvalue weighted by Crippen LogP contribution is -2.35. The SMILES string of the molecule is CC1CCCN(c2ncc(C(=O)O)cc2N)C1. The molecule has 5 heteroatoms. The predicted molar refractivity (Wildman–Crippen MR) is 66.2 cm³/mol. The standard InChI is InChI=1S/C12H17N3O2/c1-8-3-2-4-15(7-8)11-10(13)5-9(6-14-11)12(16)17/h5-6,8H,2-4,7,13H2,1H3,(H,16,17). The van der Waals surface area contributed by atoms with E-state index in [0.717, 1.165) is 19.5 Å². The Morgan fingerprint density at radius 1 is 1.65 bits per heavy atom. The highest BCUT2D eigenvalue weighted by molar-refractivity contribution is 5.89. The lowest BCUT2D eigenvalue weighted by atomic mass is 10.0. The quantitative estimate of drug-likeness (QED) is 0.813. The molecule has 1 atom stereocenters. The first kappa shape index (κ1) is 11.7. The van der Waals surface area contributed by atoms with Crippen LogP contribution in [0.2, 0.25) is 0 Å². The molecular weight excluding hydrogens is 218 g/mol. The topological polar surface area (TPSA) is 79.5 Å². The van der Waals surface area contributed by atoms with Gasteiger partial charge >= 0.3 is 5.97 Å². The number of aromatic nitrogens is 1. The lowest BCUT2D eigenvalue weighted by Gasteiger charge is -2.32. The minimum absolute atomic E-state index is 0.135. The Balaban J connectivity index is 2.23. The molecule has 5 nitrogen and oxygen atoms in total. The first-order valence-electron chi connectivity index (χ1n) is 5.81. The molecule has 1 unspecified atom stereocenters. The van der Waals surface area contributed by atoms with Crippen molar-refractivity contribution < 1.29 is 9.90 Å². The van der Waals surface area contributed by atoms with E-state index < -0.39 is 5.97 Å². The molecule has 17 heavy (non-hydrogen) atoms. The molecule has 0 radical (unpaired) electrons. The maximum Gasteiger partial charge on any atom is 0.337 e. The summed E-state index contributed by atoms with van der Waals surface area (Å²) in [5.41, 5.74) is 6.45. The number of nitrogens with two attached hydrogens (primary N) is 1. The molecule has 0 amide bonds. The maximum atomic E-state index is 10.8. The van der Waals surface area contributed by atoms with Crippen LogP contribution in [0.4, 0.5) is 11.5 Å². The summed E-state index contributed by atoms with van der Waals surface area (Å²) >= 11 is 0. The van der Waals surface area contributed by atoms with Crippen LogP contribution in [-0.2, 0) is 0 Å². The van der Waals surface area contributed by atoms with Crippen molar-refractivity contribution in [3.63, 3.8) is 0 Å². The molecule has 3 N–H and O–H groups in total. The summed E-state index contributed by atoms with van der Waals surface area (Å²) < 4.78 is 0. The van der Waals surface area contributed by atoms with Crippen LogP contribution in [0.25, 0.3) is 0 Å². The van der Waals surface area contributed by atoms with E-state index in [1.165, 1.54) is 18.7 Å². The fraction of sp³-hybridized carbons (Fsp3) is 0.500. The normalized spacial score (nSPS) is 20.3. The summed E-state index contributed by atoms with van der Waals surface area (Å²) in [6.07, 6.45) is 3.72. The number of hydrogen-bond donors (Lipinski definition) is 2.